The Bertz CT molecular complexity index is 1430. The van der Waals surface area contributed by atoms with Gasteiger partial charge >= 0.3 is 5.97 Å². The summed E-state index contributed by atoms with van der Waals surface area (Å²) < 4.78 is 23.1. The van der Waals surface area contributed by atoms with Crippen molar-refractivity contribution in [2.75, 3.05) is 20.3 Å². The van der Waals surface area contributed by atoms with Crippen LogP contribution in [0.25, 0.3) is 0 Å². The molecular formula is C33H33NO6. The van der Waals surface area contributed by atoms with Gasteiger partial charge in [-0.1, -0.05) is 54.6 Å². The van der Waals surface area contributed by atoms with Gasteiger partial charge in [-0.2, -0.15) is 0 Å². The van der Waals surface area contributed by atoms with E-state index in [1.807, 2.05) is 85.8 Å². The second-order valence-corrected chi connectivity index (χ2v) is 9.75. The van der Waals surface area contributed by atoms with Crippen LogP contribution in [0.4, 0.5) is 0 Å². The minimum atomic E-state index is -0.587. The molecule has 2 aliphatic rings. The average Bonchev–Trinajstić information content (AvgIpc) is 2.98. The largest absolute Gasteiger partial charge is 0.493 e. The van der Waals surface area contributed by atoms with Gasteiger partial charge in [0.05, 0.1) is 12.7 Å². The molecule has 0 aromatic heterocycles. The third kappa shape index (κ3) is 6.04. The number of rotatable bonds is 10. The number of allylic oxidation sites excluding steroid dienone is 3. The van der Waals surface area contributed by atoms with Crippen LogP contribution in [-0.2, 0) is 20.9 Å². The van der Waals surface area contributed by atoms with E-state index in [1.165, 1.54) is 0 Å². The summed E-state index contributed by atoms with van der Waals surface area (Å²) in [5.41, 5.74) is 4.35. The molecule has 0 radical (unpaired) electrons. The number of carbonyl (C=O) groups excluding carboxylic acids is 2. The number of hydrogen-bond acceptors (Lipinski definition) is 7. The smallest absolute Gasteiger partial charge is 0.336 e. The summed E-state index contributed by atoms with van der Waals surface area (Å²) in [7, 11) is 1.59. The first-order valence-corrected chi connectivity index (χ1v) is 13.5. The first-order valence-electron chi connectivity index (χ1n) is 13.5. The molecule has 0 bridgehead atoms. The summed E-state index contributed by atoms with van der Waals surface area (Å²) in [6.45, 7) is 2.49. The van der Waals surface area contributed by atoms with Crippen molar-refractivity contribution in [2.24, 2.45) is 0 Å². The monoisotopic (exact) mass is 539 g/mol. The van der Waals surface area contributed by atoms with E-state index in [0.717, 1.165) is 29.7 Å². The van der Waals surface area contributed by atoms with Crippen LogP contribution in [0, 0.1) is 0 Å². The third-order valence-electron chi connectivity index (χ3n) is 7.08. The molecule has 1 atom stereocenters. The maximum absolute atomic E-state index is 13.5. The topological polar surface area (TPSA) is 83.1 Å². The van der Waals surface area contributed by atoms with Gasteiger partial charge in [0.1, 0.15) is 25.6 Å². The molecule has 1 aliphatic heterocycles. The van der Waals surface area contributed by atoms with Crippen molar-refractivity contribution >= 4 is 11.8 Å². The Labute approximate surface area is 234 Å². The lowest BCUT2D eigenvalue weighted by molar-refractivity contribution is -0.140. The average molecular weight is 540 g/mol. The van der Waals surface area contributed by atoms with Gasteiger partial charge < -0.3 is 24.3 Å². The predicted octanol–water partition coefficient (Wildman–Crippen LogP) is 5.86. The van der Waals surface area contributed by atoms with Crippen LogP contribution < -0.4 is 19.5 Å². The van der Waals surface area contributed by atoms with E-state index in [0.29, 0.717) is 47.1 Å². The number of ketones is 1. The highest BCUT2D eigenvalue weighted by Crippen LogP contribution is 2.44. The van der Waals surface area contributed by atoms with Crippen molar-refractivity contribution in [1.82, 2.24) is 5.32 Å². The highest BCUT2D eigenvalue weighted by Gasteiger charge is 2.39. The minimum absolute atomic E-state index is 0.0338. The van der Waals surface area contributed by atoms with Crippen molar-refractivity contribution in [3.05, 3.63) is 113 Å². The molecule has 1 aliphatic carbocycles. The zero-order valence-corrected chi connectivity index (χ0v) is 22.8. The Morgan fingerprint density at radius 1 is 0.900 bits per heavy atom. The second-order valence-electron chi connectivity index (χ2n) is 9.75. The van der Waals surface area contributed by atoms with Crippen LogP contribution in [0.3, 0.4) is 0 Å². The van der Waals surface area contributed by atoms with E-state index >= 15 is 0 Å². The number of Topliss-reactive ketones (excluding diaryl/α,β-unsaturated/α-hetero) is 1. The van der Waals surface area contributed by atoms with Crippen LogP contribution in [0.2, 0.25) is 0 Å². The molecule has 0 amide bonds. The lowest BCUT2D eigenvalue weighted by Gasteiger charge is -2.34. The van der Waals surface area contributed by atoms with E-state index < -0.39 is 11.9 Å². The van der Waals surface area contributed by atoms with E-state index in [9.17, 15) is 9.59 Å². The summed E-state index contributed by atoms with van der Waals surface area (Å²) in [4.78, 5) is 26.8. The quantitative estimate of drug-likeness (QED) is 0.255. The maximum Gasteiger partial charge on any atom is 0.336 e. The van der Waals surface area contributed by atoms with Gasteiger partial charge in [0.2, 0.25) is 0 Å². The Kier molecular flexibility index (Phi) is 8.50. The van der Waals surface area contributed by atoms with E-state index in [-0.39, 0.29) is 19.0 Å². The number of nitrogens with one attached hydrogen (secondary N) is 1. The van der Waals surface area contributed by atoms with Gasteiger partial charge in [-0.05, 0) is 55.2 Å². The van der Waals surface area contributed by atoms with Crippen molar-refractivity contribution in [2.45, 2.75) is 38.7 Å². The summed E-state index contributed by atoms with van der Waals surface area (Å²) in [5.74, 6) is 0.771. The van der Waals surface area contributed by atoms with Gasteiger partial charge in [0.25, 0.3) is 0 Å². The molecule has 0 spiro atoms. The number of benzene rings is 3. The van der Waals surface area contributed by atoms with E-state index in [4.69, 9.17) is 18.9 Å². The first-order chi connectivity index (χ1) is 19.5. The van der Waals surface area contributed by atoms with E-state index in [1.54, 1.807) is 7.11 Å². The second kappa shape index (κ2) is 12.6. The number of para-hydroxylation sites is 1. The predicted molar refractivity (Wildman–Crippen MR) is 151 cm³/mol. The summed E-state index contributed by atoms with van der Waals surface area (Å²) in [5, 5.41) is 3.33. The zero-order valence-electron chi connectivity index (χ0n) is 22.8. The SMILES string of the molecule is COc1ccc(C2C(C(=O)OCCOc3ccccc3)=C(C)NC3=C2C(=O)CCC3)cc1OCc1ccccc1. The van der Waals surface area contributed by atoms with Gasteiger partial charge in [0, 0.05) is 29.3 Å². The Balaban J connectivity index is 1.42. The summed E-state index contributed by atoms with van der Waals surface area (Å²) >= 11 is 0. The Morgan fingerprint density at radius 2 is 1.65 bits per heavy atom. The van der Waals surface area contributed by atoms with Crippen molar-refractivity contribution in [3.63, 3.8) is 0 Å². The van der Waals surface area contributed by atoms with Gasteiger partial charge in [0.15, 0.2) is 17.3 Å². The molecule has 3 aromatic carbocycles. The van der Waals surface area contributed by atoms with Crippen LogP contribution >= 0.6 is 0 Å². The molecule has 0 fully saturated rings. The number of methoxy groups -OCH3 is 1. The molecule has 206 valence electrons. The van der Waals surface area contributed by atoms with Crippen molar-refractivity contribution in [1.29, 1.82) is 0 Å². The zero-order chi connectivity index (χ0) is 27.9. The Hall–Kier alpha value is -4.52. The molecule has 3 aromatic rings. The lowest BCUT2D eigenvalue weighted by atomic mass is 9.75. The number of ether oxygens (including phenoxy) is 4. The summed E-state index contributed by atoms with van der Waals surface area (Å²) in [6, 6.07) is 24.8. The Morgan fingerprint density at radius 3 is 2.40 bits per heavy atom. The minimum Gasteiger partial charge on any atom is -0.493 e. The molecule has 1 N–H and O–H groups in total. The maximum atomic E-state index is 13.5. The summed E-state index contributed by atoms with van der Waals surface area (Å²) in [6.07, 6.45) is 1.96. The molecule has 0 saturated carbocycles. The molecule has 7 heteroatoms. The lowest BCUT2D eigenvalue weighted by Crippen LogP contribution is -2.34. The molecular weight excluding hydrogens is 506 g/mol. The van der Waals surface area contributed by atoms with E-state index in [2.05, 4.69) is 5.32 Å². The molecule has 1 unspecified atom stereocenters. The number of carbonyl (C=O) groups is 2. The molecule has 7 nitrogen and oxygen atoms in total. The van der Waals surface area contributed by atoms with Gasteiger partial charge in [-0.15, -0.1) is 0 Å². The number of hydrogen-bond donors (Lipinski definition) is 1. The van der Waals surface area contributed by atoms with Gasteiger partial charge in [-0.3, -0.25) is 4.79 Å². The number of esters is 1. The van der Waals surface area contributed by atoms with Crippen LogP contribution in [-0.4, -0.2) is 32.1 Å². The fraction of sp³-hybridized carbons (Fsp3) is 0.273. The van der Waals surface area contributed by atoms with Crippen LogP contribution in [0.5, 0.6) is 17.2 Å². The third-order valence-corrected chi connectivity index (χ3v) is 7.08. The fourth-order valence-corrected chi connectivity index (χ4v) is 5.20. The molecule has 5 rings (SSSR count). The molecule has 40 heavy (non-hydrogen) atoms. The van der Waals surface area contributed by atoms with Gasteiger partial charge in [-0.25, -0.2) is 4.79 Å². The van der Waals surface area contributed by atoms with Crippen LogP contribution in [0.1, 0.15) is 43.2 Å². The normalized spacial score (nSPS) is 16.6. The highest BCUT2D eigenvalue weighted by molar-refractivity contribution is 6.03. The molecule has 1 heterocycles. The molecule has 0 saturated heterocycles. The highest BCUT2D eigenvalue weighted by atomic mass is 16.6. The van der Waals surface area contributed by atoms with Crippen molar-refractivity contribution in [3.8, 4) is 17.2 Å². The first kappa shape index (κ1) is 27.1. The number of dihydropyridines is 1. The standard InChI is InChI=1S/C33H33NO6/c1-22-30(33(36)39-19-18-38-25-12-7-4-8-13-25)31(32-26(34-22)14-9-15-27(32)35)24-16-17-28(37-2)29(20-24)40-21-23-10-5-3-6-11-23/h3-8,10-13,16-17,20,31,34H,9,14-15,18-19,21H2,1-2H3. The fourth-order valence-electron chi connectivity index (χ4n) is 5.20. The van der Waals surface area contributed by atoms with Crippen LogP contribution in [0.15, 0.2) is 101 Å². The van der Waals surface area contributed by atoms with Crippen molar-refractivity contribution < 1.29 is 28.5 Å².